The highest BCUT2D eigenvalue weighted by molar-refractivity contribution is 5.78. The number of nitrogens with zero attached hydrogens (tertiary/aromatic N) is 1. The zero-order chi connectivity index (χ0) is 24.4. The van der Waals surface area contributed by atoms with Crippen LogP contribution < -0.4 is 19.4 Å². The van der Waals surface area contributed by atoms with Crippen molar-refractivity contribution in [1.29, 1.82) is 0 Å². The average molecular weight is 470 g/mol. The van der Waals surface area contributed by atoms with E-state index >= 15 is 0 Å². The fourth-order valence-electron chi connectivity index (χ4n) is 4.14. The average Bonchev–Trinajstić information content (AvgIpc) is 2.87. The van der Waals surface area contributed by atoms with E-state index in [0.717, 1.165) is 24.2 Å². The lowest BCUT2D eigenvalue weighted by atomic mass is 10.1. The molecule has 1 atom stereocenters. The van der Waals surface area contributed by atoms with Gasteiger partial charge < -0.3 is 9.47 Å². The number of hydrogen-bond acceptors (Lipinski definition) is 3. The second kappa shape index (κ2) is 17.0. The van der Waals surface area contributed by atoms with Crippen LogP contribution in [0.25, 0.3) is 0 Å². The number of hydrogen-bond donors (Lipinski definition) is 1. The quantitative estimate of drug-likeness (QED) is 0.199. The summed E-state index contributed by atoms with van der Waals surface area (Å²) >= 11 is 0. The van der Waals surface area contributed by atoms with Crippen LogP contribution in [0.4, 0.5) is 0 Å². The van der Waals surface area contributed by atoms with E-state index < -0.39 is 0 Å². The van der Waals surface area contributed by atoms with E-state index in [1.807, 2.05) is 53.4 Å². The van der Waals surface area contributed by atoms with E-state index in [2.05, 4.69) is 19.2 Å². The predicted octanol–water partition coefficient (Wildman–Crippen LogP) is 6.55. The third-order valence-corrected chi connectivity index (χ3v) is 6.16. The molecule has 0 aliphatic carbocycles. The lowest BCUT2D eigenvalue weighted by molar-refractivity contribution is -0.727. The summed E-state index contributed by atoms with van der Waals surface area (Å²) in [5.74, 6) is 1.42. The standard InChI is InChI=1S/C29H44N2O3/c1-4-6-7-8-9-10-11-12-13-17-22-34-26-19-18-25(23-27(26)33-3)24-29(32)30-28(5-2)31-20-15-14-16-21-31/h14-16,18-21,23,28H,4-13,17,22,24H2,1-3H3/p+1. The van der Waals surface area contributed by atoms with E-state index in [0.29, 0.717) is 18.8 Å². The van der Waals surface area contributed by atoms with Gasteiger partial charge in [0.25, 0.3) is 0 Å². The molecule has 0 saturated carbocycles. The van der Waals surface area contributed by atoms with E-state index in [9.17, 15) is 4.79 Å². The summed E-state index contributed by atoms with van der Waals surface area (Å²) in [5, 5.41) is 3.11. The number of nitrogens with one attached hydrogen (secondary N) is 1. The Morgan fingerprint density at radius 2 is 1.53 bits per heavy atom. The summed E-state index contributed by atoms with van der Waals surface area (Å²) in [7, 11) is 1.64. The van der Waals surface area contributed by atoms with Crippen molar-refractivity contribution in [1.82, 2.24) is 5.32 Å². The molecule has 0 bridgehead atoms. The maximum Gasteiger partial charge on any atom is 0.233 e. The van der Waals surface area contributed by atoms with Crippen molar-refractivity contribution in [3.63, 3.8) is 0 Å². The van der Waals surface area contributed by atoms with Gasteiger partial charge in [-0.05, 0) is 24.1 Å². The van der Waals surface area contributed by atoms with Gasteiger partial charge in [-0.1, -0.05) is 83.8 Å². The fourth-order valence-corrected chi connectivity index (χ4v) is 4.14. The van der Waals surface area contributed by atoms with E-state index in [1.165, 1.54) is 57.8 Å². The Hall–Kier alpha value is -2.56. The van der Waals surface area contributed by atoms with Gasteiger partial charge in [-0.25, -0.2) is 0 Å². The summed E-state index contributed by atoms with van der Waals surface area (Å²) in [5.41, 5.74) is 0.911. The number of aromatic nitrogens is 1. The highest BCUT2D eigenvalue weighted by Crippen LogP contribution is 2.28. The summed E-state index contributed by atoms with van der Waals surface area (Å²) in [6.07, 6.45) is 18.1. The molecule has 0 aliphatic rings. The molecule has 1 aromatic carbocycles. The molecule has 5 heteroatoms. The minimum atomic E-state index is -0.0562. The van der Waals surface area contributed by atoms with Crippen LogP contribution in [0.3, 0.4) is 0 Å². The van der Waals surface area contributed by atoms with E-state index in [1.54, 1.807) is 7.11 Å². The van der Waals surface area contributed by atoms with E-state index in [4.69, 9.17) is 9.47 Å². The summed E-state index contributed by atoms with van der Waals surface area (Å²) in [6.45, 7) is 5.02. The lowest BCUT2D eigenvalue weighted by Crippen LogP contribution is -2.49. The van der Waals surface area contributed by atoms with Crippen molar-refractivity contribution < 1.29 is 18.8 Å². The lowest BCUT2D eigenvalue weighted by Gasteiger charge is -2.14. The first-order chi connectivity index (χ1) is 16.7. The van der Waals surface area contributed by atoms with Crippen molar-refractivity contribution in [2.45, 2.75) is 97.1 Å². The first-order valence-corrected chi connectivity index (χ1v) is 13.2. The number of carbonyl (C=O) groups is 1. The maximum absolute atomic E-state index is 12.6. The second-order valence-electron chi connectivity index (χ2n) is 9.01. The normalized spacial score (nSPS) is 11.7. The summed E-state index contributed by atoms with van der Waals surface area (Å²) in [6, 6.07) is 11.7. The van der Waals surface area contributed by atoms with Crippen LogP contribution in [0.1, 0.15) is 96.2 Å². The molecule has 1 amide bonds. The molecule has 1 N–H and O–H groups in total. The minimum absolute atomic E-state index is 0.00992. The van der Waals surface area contributed by atoms with Gasteiger partial charge in [-0.2, -0.15) is 4.57 Å². The topological polar surface area (TPSA) is 51.4 Å². The third-order valence-electron chi connectivity index (χ3n) is 6.16. The van der Waals surface area contributed by atoms with Crippen LogP contribution >= 0.6 is 0 Å². The van der Waals surface area contributed by atoms with Gasteiger partial charge in [0.15, 0.2) is 23.9 Å². The van der Waals surface area contributed by atoms with Crippen LogP contribution in [0.2, 0.25) is 0 Å². The molecule has 2 rings (SSSR count). The van der Waals surface area contributed by atoms with Crippen molar-refractivity contribution in [2.75, 3.05) is 13.7 Å². The fraction of sp³-hybridized carbons (Fsp3) is 0.586. The van der Waals surface area contributed by atoms with Crippen LogP contribution in [-0.2, 0) is 11.2 Å². The molecule has 1 heterocycles. The van der Waals surface area contributed by atoms with Gasteiger partial charge in [-0.3, -0.25) is 10.1 Å². The molecule has 34 heavy (non-hydrogen) atoms. The smallest absolute Gasteiger partial charge is 0.233 e. The highest BCUT2D eigenvalue weighted by atomic mass is 16.5. The van der Waals surface area contributed by atoms with Crippen molar-refractivity contribution in [3.8, 4) is 11.5 Å². The Bertz CT molecular complexity index is 810. The minimum Gasteiger partial charge on any atom is -0.493 e. The van der Waals surface area contributed by atoms with Crippen LogP contribution in [0, 0.1) is 0 Å². The van der Waals surface area contributed by atoms with E-state index in [-0.39, 0.29) is 12.1 Å². The molecule has 0 aliphatic heterocycles. The van der Waals surface area contributed by atoms with Gasteiger partial charge in [0.2, 0.25) is 12.1 Å². The molecular formula is C29H45N2O3+. The monoisotopic (exact) mass is 469 g/mol. The zero-order valence-electron chi connectivity index (χ0n) is 21.6. The zero-order valence-corrected chi connectivity index (χ0v) is 21.6. The number of ether oxygens (including phenoxy) is 2. The van der Waals surface area contributed by atoms with Gasteiger partial charge in [0.1, 0.15) is 0 Å². The molecule has 0 fully saturated rings. The third kappa shape index (κ3) is 10.6. The Kier molecular flexibility index (Phi) is 13.8. The van der Waals surface area contributed by atoms with Crippen molar-refractivity contribution >= 4 is 5.91 Å². The van der Waals surface area contributed by atoms with Crippen LogP contribution in [-0.4, -0.2) is 19.6 Å². The number of carbonyl (C=O) groups excluding carboxylic acids is 1. The first-order valence-electron chi connectivity index (χ1n) is 13.2. The van der Waals surface area contributed by atoms with Gasteiger partial charge in [0, 0.05) is 18.6 Å². The molecule has 0 saturated heterocycles. The first kappa shape index (κ1) is 27.7. The molecule has 188 valence electrons. The van der Waals surface area contributed by atoms with Gasteiger partial charge >= 0.3 is 0 Å². The van der Waals surface area contributed by atoms with Crippen molar-refractivity contribution in [2.24, 2.45) is 0 Å². The largest absolute Gasteiger partial charge is 0.493 e. The molecule has 0 spiro atoms. The van der Waals surface area contributed by atoms with Gasteiger partial charge in [0.05, 0.1) is 20.1 Å². The number of rotatable bonds is 18. The Balaban J connectivity index is 1.70. The number of pyridine rings is 1. The maximum atomic E-state index is 12.6. The Morgan fingerprint density at radius 3 is 2.15 bits per heavy atom. The molecule has 2 aromatic rings. The number of methoxy groups -OCH3 is 1. The van der Waals surface area contributed by atoms with Crippen LogP contribution in [0.15, 0.2) is 48.8 Å². The second-order valence-corrected chi connectivity index (χ2v) is 9.01. The number of benzene rings is 1. The predicted molar refractivity (Wildman–Crippen MR) is 138 cm³/mol. The number of amides is 1. The Labute approximate surface area is 206 Å². The molecular weight excluding hydrogens is 424 g/mol. The summed E-state index contributed by atoms with van der Waals surface area (Å²) < 4.78 is 13.5. The van der Waals surface area contributed by atoms with Crippen LogP contribution in [0.5, 0.6) is 11.5 Å². The Morgan fingerprint density at radius 1 is 0.882 bits per heavy atom. The molecule has 0 radical (unpaired) electrons. The van der Waals surface area contributed by atoms with Gasteiger partial charge in [-0.15, -0.1) is 0 Å². The molecule has 5 nitrogen and oxygen atoms in total. The molecule has 1 aromatic heterocycles. The summed E-state index contributed by atoms with van der Waals surface area (Å²) in [4.78, 5) is 12.6. The highest BCUT2D eigenvalue weighted by Gasteiger charge is 2.18. The van der Waals surface area contributed by atoms with Crippen molar-refractivity contribution in [3.05, 3.63) is 54.4 Å². The SMILES string of the molecule is CCCCCCCCCCCCOc1ccc(CC(=O)NC(CC)[n+]2ccccc2)cc1OC. The molecule has 1 unspecified atom stereocenters. The number of unbranched alkanes of at least 4 members (excludes halogenated alkanes) is 9.